The van der Waals surface area contributed by atoms with Gasteiger partial charge in [-0.05, 0) is 18.3 Å². The molecule has 1 aliphatic carbocycles. The van der Waals surface area contributed by atoms with Crippen LogP contribution in [-0.4, -0.2) is 32.4 Å². The van der Waals surface area contributed by atoms with E-state index in [-0.39, 0.29) is 6.67 Å². The Morgan fingerprint density at radius 1 is 1.38 bits per heavy atom. The Bertz CT molecular complexity index is 138. The molecule has 13 heavy (non-hydrogen) atoms. The van der Waals surface area contributed by atoms with Gasteiger partial charge in [0.2, 0.25) is 0 Å². The standard InChI is InChI=1S/C8H15FN2.C2H6/c9-1-2-11-7-3-8(4-7)5-10-6-8;1-2/h7,10-11H,1-6H2;1-2H3. The first-order chi connectivity index (χ1) is 6.35. The van der Waals surface area contributed by atoms with Gasteiger partial charge in [-0.15, -0.1) is 0 Å². The Hall–Kier alpha value is -0.150. The van der Waals surface area contributed by atoms with Crippen molar-refractivity contribution in [1.82, 2.24) is 10.6 Å². The van der Waals surface area contributed by atoms with Gasteiger partial charge in [0.15, 0.2) is 0 Å². The molecule has 0 bridgehead atoms. The highest BCUT2D eigenvalue weighted by atomic mass is 19.1. The van der Waals surface area contributed by atoms with Crippen molar-refractivity contribution in [3.63, 3.8) is 0 Å². The maximum atomic E-state index is 11.7. The number of rotatable bonds is 3. The Balaban J connectivity index is 0.000000396. The third-order valence-corrected chi connectivity index (χ3v) is 2.89. The summed E-state index contributed by atoms with van der Waals surface area (Å²) in [6.45, 7) is 6.66. The van der Waals surface area contributed by atoms with Crippen molar-refractivity contribution in [3.8, 4) is 0 Å². The van der Waals surface area contributed by atoms with E-state index in [1.807, 2.05) is 13.8 Å². The SMILES string of the molecule is CC.FCCNC1CC2(CNC2)C1. The average molecular weight is 188 g/mol. The van der Waals surface area contributed by atoms with Crippen LogP contribution >= 0.6 is 0 Å². The minimum Gasteiger partial charge on any atom is -0.316 e. The fourth-order valence-corrected chi connectivity index (χ4v) is 2.16. The molecule has 2 aliphatic rings. The van der Waals surface area contributed by atoms with Gasteiger partial charge < -0.3 is 10.6 Å². The number of hydrogen-bond donors (Lipinski definition) is 2. The average Bonchev–Trinajstić information content (AvgIpc) is 2.03. The normalized spacial score (nSPS) is 24.2. The van der Waals surface area contributed by atoms with Crippen LogP contribution in [0.5, 0.6) is 0 Å². The van der Waals surface area contributed by atoms with Crippen LogP contribution < -0.4 is 10.6 Å². The second-order valence-electron chi connectivity index (χ2n) is 3.85. The van der Waals surface area contributed by atoms with E-state index in [1.165, 1.54) is 25.9 Å². The molecule has 1 aliphatic heterocycles. The second-order valence-corrected chi connectivity index (χ2v) is 3.85. The Labute approximate surface area is 80.3 Å². The summed E-state index contributed by atoms with van der Waals surface area (Å²) in [4.78, 5) is 0. The van der Waals surface area contributed by atoms with E-state index < -0.39 is 0 Å². The molecule has 0 aromatic carbocycles. The topological polar surface area (TPSA) is 24.1 Å². The van der Waals surface area contributed by atoms with Crippen molar-refractivity contribution in [2.75, 3.05) is 26.3 Å². The van der Waals surface area contributed by atoms with Gasteiger partial charge >= 0.3 is 0 Å². The molecule has 1 saturated carbocycles. The predicted octanol–water partition coefficient (Wildman–Crippen LogP) is 1.32. The zero-order valence-electron chi connectivity index (χ0n) is 8.70. The van der Waals surface area contributed by atoms with Crippen molar-refractivity contribution in [3.05, 3.63) is 0 Å². The van der Waals surface area contributed by atoms with Crippen LogP contribution in [0.1, 0.15) is 26.7 Å². The van der Waals surface area contributed by atoms with Gasteiger partial charge in [0.05, 0.1) is 0 Å². The number of halogens is 1. The van der Waals surface area contributed by atoms with Crippen LogP contribution in [0.3, 0.4) is 0 Å². The molecule has 0 aromatic rings. The predicted molar refractivity (Wildman–Crippen MR) is 53.7 cm³/mol. The summed E-state index contributed by atoms with van der Waals surface area (Å²) < 4.78 is 11.7. The van der Waals surface area contributed by atoms with Crippen LogP contribution in [0.25, 0.3) is 0 Å². The molecule has 2 fully saturated rings. The Morgan fingerprint density at radius 2 is 2.00 bits per heavy atom. The molecule has 0 aromatic heterocycles. The summed E-state index contributed by atoms with van der Waals surface area (Å²) in [6, 6.07) is 0.604. The van der Waals surface area contributed by atoms with Crippen molar-refractivity contribution >= 4 is 0 Å². The summed E-state index contributed by atoms with van der Waals surface area (Å²) in [5.41, 5.74) is 0.619. The molecule has 0 unspecified atom stereocenters. The molecule has 0 amide bonds. The van der Waals surface area contributed by atoms with E-state index in [9.17, 15) is 4.39 Å². The van der Waals surface area contributed by atoms with Gasteiger partial charge in [0.25, 0.3) is 0 Å². The van der Waals surface area contributed by atoms with Gasteiger partial charge in [-0.2, -0.15) is 0 Å². The van der Waals surface area contributed by atoms with Crippen LogP contribution in [0.15, 0.2) is 0 Å². The van der Waals surface area contributed by atoms with Crippen LogP contribution in [0.2, 0.25) is 0 Å². The lowest BCUT2D eigenvalue weighted by molar-refractivity contribution is 0.0233. The third-order valence-electron chi connectivity index (χ3n) is 2.89. The van der Waals surface area contributed by atoms with Crippen molar-refractivity contribution < 1.29 is 4.39 Å². The summed E-state index contributed by atoms with van der Waals surface area (Å²) >= 11 is 0. The summed E-state index contributed by atoms with van der Waals surface area (Å²) in [6.07, 6.45) is 2.50. The molecule has 2 nitrogen and oxygen atoms in total. The maximum Gasteiger partial charge on any atom is 0.102 e. The largest absolute Gasteiger partial charge is 0.316 e. The molecular weight excluding hydrogens is 167 g/mol. The zero-order chi connectivity index (χ0) is 9.73. The molecule has 0 radical (unpaired) electrons. The van der Waals surface area contributed by atoms with E-state index in [0.717, 1.165) is 0 Å². The molecule has 78 valence electrons. The fourth-order valence-electron chi connectivity index (χ4n) is 2.16. The lowest BCUT2D eigenvalue weighted by Crippen LogP contribution is -2.64. The van der Waals surface area contributed by atoms with E-state index in [4.69, 9.17) is 0 Å². The molecule has 1 saturated heterocycles. The number of hydrogen-bond acceptors (Lipinski definition) is 2. The van der Waals surface area contributed by atoms with E-state index >= 15 is 0 Å². The summed E-state index contributed by atoms with van der Waals surface area (Å²) in [7, 11) is 0. The summed E-state index contributed by atoms with van der Waals surface area (Å²) in [5.74, 6) is 0. The molecule has 0 atom stereocenters. The number of nitrogens with one attached hydrogen (secondary N) is 2. The van der Waals surface area contributed by atoms with Crippen LogP contribution in [0, 0.1) is 5.41 Å². The quantitative estimate of drug-likeness (QED) is 0.698. The molecule has 2 rings (SSSR count). The van der Waals surface area contributed by atoms with E-state index in [0.29, 0.717) is 18.0 Å². The fraction of sp³-hybridized carbons (Fsp3) is 1.00. The molecule has 2 N–H and O–H groups in total. The summed E-state index contributed by atoms with van der Waals surface area (Å²) in [5, 5.41) is 6.47. The lowest BCUT2D eigenvalue weighted by Gasteiger charge is -2.54. The first-order valence-electron chi connectivity index (χ1n) is 5.35. The molecule has 1 spiro atoms. The van der Waals surface area contributed by atoms with Crippen molar-refractivity contribution in [2.45, 2.75) is 32.7 Å². The number of alkyl halides is 1. The molecule has 1 heterocycles. The first-order valence-corrected chi connectivity index (χ1v) is 5.35. The van der Waals surface area contributed by atoms with Gasteiger partial charge in [-0.1, -0.05) is 13.8 Å². The third kappa shape index (κ3) is 2.41. The second kappa shape index (κ2) is 4.91. The zero-order valence-corrected chi connectivity index (χ0v) is 8.70. The van der Waals surface area contributed by atoms with Crippen LogP contribution in [-0.2, 0) is 0 Å². The molecular formula is C10H21FN2. The highest BCUT2D eigenvalue weighted by Gasteiger charge is 2.47. The van der Waals surface area contributed by atoms with Gasteiger partial charge in [-0.3, -0.25) is 0 Å². The monoisotopic (exact) mass is 188 g/mol. The minimum atomic E-state index is -0.234. The maximum absolute atomic E-state index is 11.7. The molecule has 3 heteroatoms. The van der Waals surface area contributed by atoms with Gasteiger partial charge in [0, 0.05) is 25.7 Å². The highest BCUT2D eigenvalue weighted by molar-refractivity contribution is 5.05. The first kappa shape index (κ1) is 10.9. The van der Waals surface area contributed by atoms with Gasteiger partial charge in [-0.25, -0.2) is 4.39 Å². The Morgan fingerprint density at radius 3 is 2.38 bits per heavy atom. The van der Waals surface area contributed by atoms with E-state index in [2.05, 4.69) is 10.6 Å². The minimum absolute atomic E-state index is 0.234. The highest BCUT2D eigenvalue weighted by Crippen LogP contribution is 2.43. The van der Waals surface area contributed by atoms with E-state index in [1.54, 1.807) is 0 Å². The smallest absolute Gasteiger partial charge is 0.102 e. The van der Waals surface area contributed by atoms with Crippen LogP contribution in [0.4, 0.5) is 4.39 Å². The lowest BCUT2D eigenvalue weighted by atomic mass is 9.62. The Kier molecular flexibility index (Phi) is 4.13. The van der Waals surface area contributed by atoms with Crippen molar-refractivity contribution in [2.24, 2.45) is 5.41 Å². The van der Waals surface area contributed by atoms with Crippen molar-refractivity contribution in [1.29, 1.82) is 0 Å². The van der Waals surface area contributed by atoms with Gasteiger partial charge in [0.1, 0.15) is 6.67 Å².